The molecule has 1 amide bonds. The number of hydrogen-bond donors (Lipinski definition) is 1. The first-order valence-electron chi connectivity index (χ1n) is 8.13. The minimum Gasteiger partial charge on any atom is -0.494 e. The highest BCUT2D eigenvalue weighted by Gasteiger charge is 2.32. The molecule has 1 heterocycles. The highest BCUT2D eigenvalue weighted by atomic mass is 79.9. The first kappa shape index (κ1) is 18.7. The summed E-state index contributed by atoms with van der Waals surface area (Å²) in [5.74, 6) is 0.523. The van der Waals surface area contributed by atoms with Crippen molar-refractivity contribution in [3.05, 3.63) is 58.6 Å². The van der Waals surface area contributed by atoms with Gasteiger partial charge in [-0.2, -0.15) is 0 Å². The highest BCUT2D eigenvalue weighted by Crippen LogP contribution is 2.27. The molecule has 26 heavy (non-hydrogen) atoms. The molecule has 1 saturated heterocycles. The summed E-state index contributed by atoms with van der Waals surface area (Å²) in [5, 5.41) is 2.78. The minimum absolute atomic E-state index is 0.0625. The number of ether oxygens (including phenoxy) is 1. The lowest BCUT2D eigenvalue weighted by molar-refractivity contribution is -0.118. The maximum atomic E-state index is 12.4. The van der Waals surface area contributed by atoms with Gasteiger partial charge in [-0.15, -0.1) is 0 Å². The Morgan fingerprint density at radius 3 is 2.54 bits per heavy atom. The third-order valence-electron chi connectivity index (χ3n) is 3.69. The topological polar surface area (TPSA) is 67.8 Å². The summed E-state index contributed by atoms with van der Waals surface area (Å²) >= 11 is 4.62. The number of rotatable bonds is 6. The van der Waals surface area contributed by atoms with Gasteiger partial charge >= 0.3 is 0 Å². The average Bonchev–Trinajstić information content (AvgIpc) is 2.96. The number of ketones is 1. The smallest absolute Gasteiger partial charge is 0.240 e. The molecule has 3 rings (SSSR count). The fourth-order valence-electron chi connectivity index (χ4n) is 2.42. The van der Waals surface area contributed by atoms with Crippen LogP contribution in [0.3, 0.4) is 0 Å². The van der Waals surface area contributed by atoms with Crippen molar-refractivity contribution in [1.82, 2.24) is 5.32 Å². The minimum atomic E-state index is -0.465. The maximum absolute atomic E-state index is 12.4. The number of nitrogens with one attached hydrogen (secondary N) is 1. The van der Waals surface area contributed by atoms with Crippen LogP contribution in [0.5, 0.6) is 5.75 Å². The van der Waals surface area contributed by atoms with Gasteiger partial charge in [-0.3, -0.25) is 9.59 Å². The van der Waals surface area contributed by atoms with E-state index in [1.807, 2.05) is 43.3 Å². The number of Topliss-reactive ketones (excluding diaryl/α,β-unsaturated/α-hetero) is 1. The summed E-state index contributed by atoms with van der Waals surface area (Å²) < 4.78 is 6.30. The number of amidine groups is 1. The second kappa shape index (κ2) is 8.51. The van der Waals surface area contributed by atoms with Crippen LogP contribution in [-0.2, 0) is 4.79 Å². The molecule has 1 N–H and O–H groups in total. The molecule has 2 aromatic carbocycles. The van der Waals surface area contributed by atoms with Crippen molar-refractivity contribution < 1.29 is 14.3 Å². The van der Waals surface area contributed by atoms with Crippen molar-refractivity contribution in [2.75, 3.05) is 6.61 Å². The fraction of sp³-hybridized carbons (Fsp3) is 0.211. The van der Waals surface area contributed by atoms with Gasteiger partial charge in [0.2, 0.25) is 5.91 Å². The van der Waals surface area contributed by atoms with Crippen LogP contribution in [0.2, 0.25) is 0 Å². The molecular formula is C19H17BrN2O3S. The first-order valence-corrected chi connectivity index (χ1v) is 9.80. The number of thioether (sulfide) groups is 1. The van der Waals surface area contributed by atoms with Crippen LogP contribution in [0.25, 0.3) is 0 Å². The van der Waals surface area contributed by atoms with Crippen molar-refractivity contribution in [3.63, 3.8) is 0 Å². The second-order valence-electron chi connectivity index (χ2n) is 5.57. The van der Waals surface area contributed by atoms with Crippen molar-refractivity contribution in [2.45, 2.75) is 18.6 Å². The Balaban J connectivity index is 1.64. The molecule has 0 saturated carbocycles. The van der Waals surface area contributed by atoms with Gasteiger partial charge in [-0.05, 0) is 43.3 Å². The summed E-state index contributed by atoms with van der Waals surface area (Å²) in [7, 11) is 0. The van der Waals surface area contributed by atoms with E-state index in [0.29, 0.717) is 17.3 Å². The van der Waals surface area contributed by atoms with Crippen molar-refractivity contribution in [2.24, 2.45) is 4.99 Å². The zero-order chi connectivity index (χ0) is 18.5. The zero-order valence-corrected chi connectivity index (χ0v) is 16.5. The molecule has 5 nitrogen and oxygen atoms in total. The van der Waals surface area contributed by atoms with Gasteiger partial charge in [0.25, 0.3) is 0 Å². The maximum Gasteiger partial charge on any atom is 0.240 e. The second-order valence-corrected chi connectivity index (χ2v) is 7.68. The van der Waals surface area contributed by atoms with E-state index in [-0.39, 0.29) is 18.1 Å². The van der Waals surface area contributed by atoms with Crippen LogP contribution < -0.4 is 10.1 Å². The number of carbonyl (C=O) groups is 2. The number of benzene rings is 2. The van der Waals surface area contributed by atoms with E-state index in [9.17, 15) is 9.59 Å². The largest absolute Gasteiger partial charge is 0.494 e. The molecule has 0 aliphatic carbocycles. The lowest BCUT2D eigenvalue weighted by Crippen LogP contribution is -2.26. The van der Waals surface area contributed by atoms with Crippen LogP contribution in [-0.4, -0.2) is 28.7 Å². The van der Waals surface area contributed by atoms with Gasteiger partial charge in [-0.1, -0.05) is 39.8 Å². The lowest BCUT2D eigenvalue weighted by atomic mass is 10.1. The zero-order valence-electron chi connectivity index (χ0n) is 14.1. The Morgan fingerprint density at radius 1 is 1.19 bits per heavy atom. The van der Waals surface area contributed by atoms with Crippen LogP contribution in [0, 0.1) is 0 Å². The van der Waals surface area contributed by atoms with Gasteiger partial charge in [0.1, 0.15) is 5.75 Å². The molecule has 134 valence electrons. The van der Waals surface area contributed by atoms with E-state index < -0.39 is 5.25 Å². The number of halogens is 1. The van der Waals surface area contributed by atoms with E-state index in [1.165, 1.54) is 11.8 Å². The average molecular weight is 433 g/mol. The first-order chi connectivity index (χ1) is 12.5. The SMILES string of the molecule is CCOc1ccc(N=C2NC(=O)[C@H](CC(=O)c3ccc(Br)cc3)S2)cc1. The monoisotopic (exact) mass is 432 g/mol. The van der Waals surface area contributed by atoms with Crippen LogP contribution >= 0.6 is 27.7 Å². The molecule has 7 heteroatoms. The van der Waals surface area contributed by atoms with E-state index in [0.717, 1.165) is 15.9 Å². The summed E-state index contributed by atoms with van der Waals surface area (Å²) in [6.07, 6.45) is 0.139. The molecule has 0 spiro atoms. The number of hydrogen-bond acceptors (Lipinski definition) is 5. The Bertz CT molecular complexity index is 835. The van der Waals surface area contributed by atoms with Gasteiger partial charge in [0.15, 0.2) is 11.0 Å². The molecule has 2 aromatic rings. The molecule has 0 unspecified atom stereocenters. The van der Waals surface area contributed by atoms with E-state index >= 15 is 0 Å². The summed E-state index contributed by atoms with van der Waals surface area (Å²) in [4.78, 5) is 28.9. The molecular weight excluding hydrogens is 416 g/mol. The third kappa shape index (κ3) is 4.74. The predicted molar refractivity (Wildman–Crippen MR) is 107 cm³/mol. The summed E-state index contributed by atoms with van der Waals surface area (Å²) in [6, 6.07) is 14.4. The molecule has 1 aliphatic rings. The quantitative estimate of drug-likeness (QED) is 0.689. The van der Waals surface area contributed by atoms with Crippen LogP contribution in [0.1, 0.15) is 23.7 Å². The predicted octanol–water partition coefficient (Wildman–Crippen LogP) is 4.34. The van der Waals surface area contributed by atoms with Crippen molar-refractivity contribution >= 4 is 50.2 Å². The molecule has 1 atom stereocenters. The normalized spacial score (nSPS) is 18.0. The Hall–Kier alpha value is -2.12. The van der Waals surface area contributed by atoms with Crippen LogP contribution in [0.15, 0.2) is 58.0 Å². The molecule has 1 aliphatic heterocycles. The third-order valence-corrected chi connectivity index (χ3v) is 5.30. The molecule has 0 radical (unpaired) electrons. The standard InChI is InChI=1S/C19H17BrN2O3S/c1-2-25-15-9-7-14(8-10-15)21-19-22-18(24)17(26-19)11-16(23)12-3-5-13(20)6-4-12/h3-10,17H,2,11H2,1H3,(H,21,22,24)/t17-/m0/s1. The molecule has 1 fully saturated rings. The Morgan fingerprint density at radius 2 is 1.88 bits per heavy atom. The molecule has 0 bridgehead atoms. The number of carbonyl (C=O) groups excluding carboxylic acids is 2. The van der Waals surface area contributed by atoms with Gasteiger partial charge < -0.3 is 10.1 Å². The van der Waals surface area contributed by atoms with Crippen LogP contribution in [0.4, 0.5) is 5.69 Å². The van der Waals surface area contributed by atoms with Crippen molar-refractivity contribution in [1.29, 1.82) is 0 Å². The van der Waals surface area contributed by atoms with E-state index in [1.54, 1.807) is 12.1 Å². The van der Waals surface area contributed by atoms with E-state index in [4.69, 9.17) is 4.74 Å². The fourth-order valence-corrected chi connectivity index (χ4v) is 3.67. The highest BCUT2D eigenvalue weighted by molar-refractivity contribution is 9.10. The summed E-state index contributed by atoms with van der Waals surface area (Å²) in [6.45, 7) is 2.53. The van der Waals surface area contributed by atoms with Gasteiger partial charge in [0.05, 0.1) is 17.5 Å². The number of amides is 1. The van der Waals surface area contributed by atoms with Gasteiger partial charge in [0, 0.05) is 16.5 Å². The lowest BCUT2D eigenvalue weighted by Gasteiger charge is -2.04. The number of nitrogens with zero attached hydrogens (tertiary/aromatic N) is 1. The van der Waals surface area contributed by atoms with Crippen molar-refractivity contribution in [3.8, 4) is 5.75 Å². The van der Waals surface area contributed by atoms with Gasteiger partial charge in [-0.25, -0.2) is 4.99 Å². The van der Waals surface area contributed by atoms with E-state index in [2.05, 4.69) is 26.2 Å². The number of aliphatic imine (C=N–C) groups is 1. The summed E-state index contributed by atoms with van der Waals surface area (Å²) in [5.41, 5.74) is 1.31. The Kier molecular flexibility index (Phi) is 6.11. The Labute approximate surface area is 164 Å². The molecule has 0 aromatic heterocycles.